The molecule has 0 saturated heterocycles. The third kappa shape index (κ3) is 22.6. The van der Waals surface area contributed by atoms with Crippen molar-refractivity contribution in [2.45, 2.75) is 122 Å². The molecule has 3 atom stereocenters. The Hall–Kier alpha value is -0.340. The van der Waals surface area contributed by atoms with Crippen molar-refractivity contribution in [2.24, 2.45) is 0 Å². The molecule has 0 bridgehead atoms. The number of Topliss-reactive ketones (excluding diaryl/α,β-unsaturated/α-hetero) is 1. The van der Waals surface area contributed by atoms with Crippen molar-refractivity contribution in [3.05, 3.63) is 0 Å². The van der Waals surface area contributed by atoms with E-state index in [4.69, 9.17) is 14.2 Å². The predicted octanol–water partition coefficient (Wildman–Crippen LogP) is 5.38. The molecule has 0 heterocycles. The van der Waals surface area contributed by atoms with Crippen LogP contribution in [0.1, 0.15) is 110 Å². The van der Waals surface area contributed by atoms with Crippen LogP contribution in [0.3, 0.4) is 0 Å². The predicted molar refractivity (Wildman–Crippen MR) is 141 cm³/mol. The minimum atomic E-state index is -4.53. The molecule has 0 spiro atoms. The van der Waals surface area contributed by atoms with E-state index >= 15 is 0 Å². The fourth-order valence-electron chi connectivity index (χ4n) is 3.95. The molecule has 0 saturated carbocycles. The molecule has 0 aliphatic carbocycles. The van der Waals surface area contributed by atoms with Gasteiger partial charge in [-0.2, -0.15) is 0 Å². The molecular weight excluding hydrogens is 469 g/mol. The minimum absolute atomic E-state index is 0.215. The van der Waals surface area contributed by atoms with Crippen LogP contribution in [0.15, 0.2) is 0 Å². The molecule has 0 aromatic carbocycles. The van der Waals surface area contributed by atoms with Crippen LogP contribution in [-0.4, -0.2) is 78.5 Å². The number of phosphoric ester groups is 1. The van der Waals surface area contributed by atoms with E-state index in [0.29, 0.717) is 10.9 Å². The smallest absolute Gasteiger partial charge is 0.394 e. The Kier molecular flexibility index (Phi) is 20.5. The summed E-state index contributed by atoms with van der Waals surface area (Å²) in [7, 11) is 1.08. The first kappa shape index (κ1) is 34.7. The fraction of sp³-hybridized carbons (Fsp3) is 0.962. The van der Waals surface area contributed by atoms with E-state index in [-0.39, 0.29) is 12.3 Å². The Morgan fingerprint density at radius 3 is 1.66 bits per heavy atom. The number of phosphoric acid groups is 1. The number of hydrogen-bond donors (Lipinski definition) is 3. The van der Waals surface area contributed by atoms with E-state index in [2.05, 4.69) is 6.92 Å². The molecule has 9 heteroatoms. The second-order valence-corrected chi connectivity index (χ2v) is 12.2. The number of carbonyl (C=O) groups is 1. The molecule has 0 fully saturated rings. The van der Waals surface area contributed by atoms with E-state index in [0.717, 1.165) is 19.3 Å². The van der Waals surface area contributed by atoms with Gasteiger partial charge in [-0.15, -0.1) is 0 Å². The quantitative estimate of drug-likeness (QED) is 0.0835. The monoisotopic (exact) mass is 524 g/mol. The minimum Gasteiger partial charge on any atom is -0.394 e. The molecule has 0 rings (SSSR count). The van der Waals surface area contributed by atoms with Crippen molar-refractivity contribution in [1.82, 2.24) is 0 Å². The Balaban J connectivity index is 4.05. The van der Waals surface area contributed by atoms with Gasteiger partial charge in [0.2, 0.25) is 0 Å². The number of unbranched alkanes of at least 4 members (excludes halogenated alkanes) is 14. The van der Waals surface area contributed by atoms with Crippen LogP contribution in [0.2, 0.25) is 0 Å². The number of likely N-dealkylation sites (N-methyl/N-ethyl adjacent to an activating group) is 1. The first-order valence-electron chi connectivity index (χ1n) is 13.8. The SMILES string of the molecule is CCCCCCCCCCCCCCCCCC(=O)C(C[N+](C)(C)C)OP(=O)(O)OCC(O)CO. The van der Waals surface area contributed by atoms with Crippen LogP contribution >= 0.6 is 7.82 Å². The number of aliphatic hydroxyl groups is 2. The number of carbonyl (C=O) groups excluding carboxylic acids is 1. The van der Waals surface area contributed by atoms with Gasteiger partial charge in [0.1, 0.15) is 12.6 Å². The lowest BCUT2D eigenvalue weighted by Gasteiger charge is -2.29. The van der Waals surface area contributed by atoms with Gasteiger partial charge in [0.05, 0.1) is 34.4 Å². The average Bonchev–Trinajstić information content (AvgIpc) is 2.78. The van der Waals surface area contributed by atoms with E-state index in [9.17, 15) is 19.4 Å². The van der Waals surface area contributed by atoms with Crippen molar-refractivity contribution in [3.8, 4) is 0 Å². The summed E-state index contributed by atoms with van der Waals surface area (Å²) in [6, 6.07) is 0. The lowest BCUT2D eigenvalue weighted by Crippen LogP contribution is -2.45. The first-order valence-corrected chi connectivity index (χ1v) is 15.3. The summed E-state index contributed by atoms with van der Waals surface area (Å²) in [6.45, 7) is 1.34. The molecule has 0 aromatic heterocycles. The third-order valence-corrected chi connectivity index (χ3v) is 7.00. The number of ketones is 1. The second kappa shape index (κ2) is 20.7. The summed E-state index contributed by atoms with van der Waals surface area (Å²) in [5, 5.41) is 18.1. The Morgan fingerprint density at radius 1 is 0.829 bits per heavy atom. The molecular formula is C26H55NO7P+. The maximum absolute atomic E-state index is 12.7. The first-order chi connectivity index (χ1) is 16.5. The summed E-state index contributed by atoms with van der Waals surface area (Å²) in [5.41, 5.74) is 0. The van der Waals surface area contributed by atoms with Crippen molar-refractivity contribution in [1.29, 1.82) is 0 Å². The Labute approximate surface area is 214 Å². The van der Waals surface area contributed by atoms with Crippen molar-refractivity contribution < 1.29 is 38.0 Å². The van der Waals surface area contributed by atoms with Crippen LogP contribution in [0.25, 0.3) is 0 Å². The maximum atomic E-state index is 12.7. The lowest BCUT2D eigenvalue weighted by molar-refractivity contribution is -0.872. The highest BCUT2D eigenvalue weighted by molar-refractivity contribution is 7.47. The molecule has 35 heavy (non-hydrogen) atoms. The van der Waals surface area contributed by atoms with Crippen LogP contribution in [0.4, 0.5) is 0 Å². The fourth-order valence-corrected chi connectivity index (χ4v) is 4.87. The highest BCUT2D eigenvalue weighted by Crippen LogP contribution is 2.45. The van der Waals surface area contributed by atoms with E-state index < -0.39 is 33.2 Å². The Morgan fingerprint density at radius 2 is 1.26 bits per heavy atom. The molecule has 3 unspecified atom stereocenters. The van der Waals surface area contributed by atoms with Gasteiger partial charge in [0.25, 0.3) is 0 Å². The third-order valence-electron chi connectivity index (χ3n) is 6.00. The highest BCUT2D eigenvalue weighted by Gasteiger charge is 2.34. The largest absolute Gasteiger partial charge is 0.473 e. The molecule has 210 valence electrons. The second-order valence-electron chi connectivity index (χ2n) is 10.8. The molecule has 8 nitrogen and oxygen atoms in total. The summed E-state index contributed by atoms with van der Waals surface area (Å²) in [6.07, 6.45) is 16.6. The summed E-state index contributed by atoms with van der Waals surface area (Å²) < 4.78 is 22.5. The van der Waals surface area contributed by atoms with Crippen LogP contribution < -0.4 is 0 Å². The molecule has 0 radical (unpaired) electrons. The highest BCUT2D eigenvalue weighted by atomic mass is 31.2. The number of aliphatic hydroxyl groups excluding tert-OH is 2. The normalized spacial score (nSPS) is 15.6. The van der Waals surface area contributed by atoms with Gasteiger partial charge in [-0.05, 0) is 6.42 Å². The number of rotatable bonds is 25. The summed E-state index contributed by atoms with van der Waals surface area (Å²) >= 11 is 0. The van der Waals surface area contributed by atoms with Crippen LogP contribution in [0.5, 0.6) is 0 Å². The van der Waals surface area contributed by atoms with Crippen molar-refractivity contribution in [2.75, 3.05) is 40.9 Å². The van der Waals surface area contributed by atoms with Gasteiger partial charge in [0, 0.05) is 6.42 Å². The standard InChI is InChI=1S/C26H54NO7P/c1-5-6-7-8-9-10-11-12-13-14-15-16-17-18-19-20-25(30)26(21-27(2,3)4)34-35(31,32)33-23-24(29)22-28/h24,26,28-29H,5-23H2,1-4H3/p+1. The van der Waals surface area contributed by atoms with Crippen LogP contribution in [-0.2, 0) is 18.4 Å². The van der Waals surface area contributed by atoms with Gasteiger partial charge < -0.3 is 19.6 Å². The topological polar surface area (TPSA) is 113 Å². The Bertz CT molecular complexity index is 568. The van der Waals surface area contributed by atoms with Gasteiger partial charge in [0.15, 0.2) is 11.9 Å². The van der Waals surface area contributed by atoms with E-state index in [1.807, 2.05) is 21.1 Å². The maximum Gasteiger partial charge on any atom is 0.473 e. The number of nitrogens with zero attached hydrogens (tertiary/aromatic N) is 1. The van der Waals surface area contributed by atoms with Crippen molar-refractivity contribution in [3.63, 3.8) is 0 Å². The number of quaternary nitrogens is 1. The lowest BCUT2D eigenvalue weighted by atomic mass is 10.0. The van der Waals surface area contributed by atoms with Gasteiger partial charge in [-0.25, -0.2) is 4.57 Å². The van der Waals surface area contributed by atoms with Crippen LogP contribution in [0, 0.1) is 0 Å². The summed E-state index contributed by atoms with van der Waals surface area (Å²) in [4.78, 5) is 22.7. The summed E-state index contributed by atoms with van der Waals surface area (Å²) in [5.74, 6) is -0.215. The zero-order valence-corrected chi connectivity index (χ0v) is 23.9. The molecule has 3 N–H and O–H groups in total. The molecule has 0 amide bonds. The molecule has 0 aromatic rings. The molecule has 0 aliphatic heterocycles. The van der Waals surface area contributed by atoms with Gasteiger partial charge in [-0.3, -0.25) is 13.8 Å². The zero-order chi connectivity index (χ0) is 26.6. The number of hydrogen-bond acceptors (Lipinski definition) is 6. The zero-order valence-electron chi connectivity index (χ0n) is 23.0. The van der Waals surface area contributed by atoms with E-state index in [1.165, 1.54) is 77.0 Å². The van der Waals surface area contributed by atoms with Gasteiger partial charge in [-0.1, -0.05) is 96.8 Å². The van der Waals surface area contributed by atoms with E-state index in [1.54, 1.807) is 0 Å². The average molecular weight is 525 g/mol. The van der Waals surface area contributed by atoms with Gasteiger partial charge >= 0.3 is 7.82 Å². The molecule has 0 aliphatic rings. The van der Waals surface area contributed by atoms with Crippen molar-refractivity contribution >= 4 is 13.6 Å².